The predicted molar refractivity (Wildman–Crippen MR) is 153 cm³/mol. The van der Waals surface area contributed by atoms with E-state index in [2.05, 4.69) is 16.0 Å². The van der Waals surface area contributed by atoms with Gasteiger partial charge in [0.25, 0.3) is 5.79 Å². The second kappa shape index (κ2) is 17.0. The minimum absolute atomic E-state index is 0.704. The van der Waals surface area contributed by atoms with Crippen molar-refractivity contribution in [3.05, 3.63) is 0 Å². The highest BCUT2D eigenvalue weighted by Gasteiger charge is 2.57. The minimum Gasteiger partial charge on any atom is -0.477 e. The number of nitrogens with one attached hydrogen (secondary N) is 3. The summed E-state index contributed by atoms with van der Waals surface area (Å²) < 4.78 is 27.8. The number of aliphatic hydroxyl groups excluding tert-OH is 9. The Bertz CT molecular complexity index is 1170. The van der Waals surface area contributed by atoms with Crippen molar-refractivity contribution < 1.29 is 93.9 Å². The maximum atomic E-state index is 12.5. The van der Waals surface area contributed by atoms with Crippen molar-refractivity contribution in [1.29, 1.82) is 0 Å². The van der Waals surface area contributed by atoms with Crippen molar-refractivity contribution in [2.45, 2.75) is 125 Å². The molecule has 0 bridgehead atoms. The van der Waals surface area contributed by atoms with Gasteiger partial charge in [0.15, 0.2) is 12.6 Å². The second-order valence-corrected chi connectivity index (χ2v) is 12.0. The van der Waals surface area contributed by atoms with Gasteiger partial charge in [-0.25, -0.2) is 4.79 Å². The molecule has 3 aliphatic heterocycles. The molecule has 0 aromatic rings. The highest BCUT2D eigenvalue weighted by Crippen LogP contribution is 2.35. The topological polar surface area (TPSA) is 353 Å². The number of carbonyl (C=O) groups excluding carboxylic acids is 3. The highest BCUT2D eigenvalue weighted by atomic mass is 16.7. The molecule has 3 amide bonds. The molecule has 0 unspecified atom stereocenters. The van der Waals surface area contributed by atoms with Crippen LogP contribution in [0.4, 0.5) is 0 Å². The molecule has 0 saturated carbocycles. The SMILES string of the molecule is CC(=O)N[C@@H]1[C@@H](O[C@H]2O[C@H](CO[C@]3(C(=O)O)C[C@H](O)[C@@H](NC(C)=O)[C@H]([C@H](O)[C@H](O)CO)O3)[C@H](O)[C@H](O)[C@H]2NC(C)=O)[C@H](O)[C@@H](CO)O[C@H]1O. The Morgan fingerprint density at radius 1 is 0.816 bits per heavy atom. The summed E-state index contributed by atoms with van der Waals surface area (Å²) >= 11 is 0. The minimum atomic E-state index is -2.86. The lowest BCUT2D eigenvalue weighted by atomic mass is 9.88. The predicted octanol–water partition coefficient (Wildman–Crippen LogP) is -7.94. The van der Waals surface area contributed by atoms with Gasteiger partial charge in [-0.3, -0.25) is 14.4 Å². The van der Waals surface area contributed by atoms with Crippen LogP contribution >= 0.6 is 0 Å². The number of amides is 3. The van der Waals surface area contributed by atoms with Crippen LogP contribution in [0.5, 0.6) is 0 Å². The van der Waals surface area contributed by atoms with Gasteiger partial charge in [-0.05, 0) is 0 Å². The standard InChI is InChI=1S/C27H45N3O19/c1-8(33)28-15-11(36)4-27(26(43)44,49-23(15)18(38)12(37)5-31)45-7-14-19(39)21(41)16(29-9(2)34)25(47-14)48-22-17(30-10(3)35)24(42)46-13(6-32)20(22)40/h11-25,31-32,36-42H,4-7H2,1-3H3,(H,28,33)(H,29,34)(H,30,35)(H,43,44)/t11-,12+,13+,14+,15+,16+,17+,18+,19-,20+,21+,22+,23+,24+,25+,27+/m0/s1. The monoisotopic (exact) mass is 715 g/mol. The Hall–Kier alpha value is -2.68. The smallest absolute Gasteiger partial charge is 0.364 e. The van der Waals surface area contributed by atoms with E-state index in [1.165, 1.54) is 0 Å². The van der Waals surface area contributed by atoms with Gasteiger partial charge in [0.1, 0.15) is 67.0 Å². The van der Waals surface area contributed by atoms with Gasteiger partial charge in [0, 0.05) is 27.2 Å². The summed E-state index contributed by atoms with van der Waals surface area (Å²) in [6.07, 6.45) is -22.8. The fourth-order valence-electron chi connectivity index (χ4n) is 5.86. The summed E-state index contributed by atoms with van der Waals surface area (Å²) in [7, 11) is 0. The van der Waals surface area contributed by atoms with Crippen molar-refractivity contribution >= 4 is 23.7 Å². The van der Waals surface area contributed by atoms with Gasteiger partial charge in [-0.1, -0.05) is 0 Å². The summed E-state index contributed by atoms with van der Waals surface area (Å²) in [5.74, 6) is -6.93. The molecule has 0 aromatic heterocycles. The van der Waals surface area contributed by atoms with Gasteiger partial charge in [-0.2, -0.15) is 0 Å². The summed E-state index contributed by atoms with van der Waals surface area (Å²) in [5.41, 5.74) is 0. The van der Waals surface area contributed by atoms with Gasteiger partial charge < -0.3 is 90.7 Å². The number of aliphatic carboxylic acids is 1. The fraction of sp³-hybridized carbons (Fsp3) is 0.852. The summed E-state index contributed by atoms with van der Waals surface area (Å²) in [6, 6.07) is -4.60. The van der Waals surface area contributed by atoms with E-state index in [1.807, 2.05) is 0 Å². The molecule has 3 fully saturated rings. The van der Waals surface area contributed by atoms with Crippen LogP contribution in [0.2, 0.25) is 0 Å². The van der Waals surface area contributed by atoms with Crippen molar-refractivity contribution in [2.75, 3.05) is 19.8 Å². The number of carbonyl (C=O) groups is 4. The first kappa shape index (κ1) is 40.7. The van der Waals surface area contributed by atoms with E-state index in [9.17, 15) is 70.2 Å². The molecule has 22 heteroatoms. The largest absolute Gasteiger partial charge is 0.477 e. The quantitative estimate of drug-likeness (QED) is 0.0842. The van der Waals surface area contributed by atoms with Crippen LogP contribution in [-0.4, -0.2) is 192 Å². The number of rotatable bonds is 13. The zero-order chi connectivity index (χ0) is 37.0. The molecule has 3 saturated heterocycles. The average molecular weight is 716 g/mol. The van der Waals surface area contributed by atoms with Gasteiger partial charge in [0.2, 0.25) is 17.7 Å². The molecule has 0 aliphatic carbocycles. The van der Waals surface area contributed by atoms with E-state index in [0.29, 0.717) is 0 Å². The molecule has 0 radical (unpaired) electrons. The van der Waals surface area contributed by atoms with Crippen LogP contribution in [0, 0.1) is 0 Å². The lowest BCUT2D eigenvalue weighted by Crippen LogP contribution is -2.70. The zero-order valence-electron chi connectivity index (χ0n) is 26.6. The fourth-order valence-corrected chi connectivity index (χ4v) is 5.86. The number of ether oxygens (including phenoxy) is 5. The van der Waals surface area contributed by atoms with Crippen LogP contribution < -0.4 is 16.0 Å². The van der Waals surface area contributed by atoms with Gasteiger partial charge in [-0.15, -0.1) is 0 Å². The molecular formula is C27H45N3O19. The first-order valence-electron chi connectivity index (χ1n) is 15.2. The Morgan fingerprint density at radius 2 is 1.39 bits per heavy atom. The van der Waals surface area contributed by atoms with Crippen molar-refractivity contribution in [3.8, 4) is 0 Å². The summed E-state index contributed by atoms with van der Waals surface area (Å²) in [6.45, 7) is 0.357. The lowest BCUT2D eigenvalue weighted by Gasteiger charge is -2.49. The van der Waals surface area contributed by atoms with Gasteiger partial charge in [0.05, 0.1) is 32.0 Å². The molecule has 0 aromatic carbocycles. The highest BCUT2D eigenvalue weighted by molar-refractivity contribution is 5.76. The molecule has 3 rings (SSSR count). The van der Waals surface area contributed by atoms with Crippen molar-refractivity contribution in [1.82, 2.24) is 16.0 Å². The first-order chi connectivity index (χ1) is 22.9. The average Bonchev–Trinajstić information content (AvgIpc) is 3.02. The van der Waals surface area contributed by atoms with Crippen molar-refractivity contribution in [3.63, 3.8) is 0 Å². The maximum Gasteiger partial charge on any atom is 0.364 e. The van der Waals surface area contributed by atoms with E-state index in [4.69, 9.17) is 23.7 Å². The maximum absolute atomic E-state index is 12.5. The molecule has 282 valence electrons. The van der Waals surface area contributed by atoms with Crippen LogP contribution in [0.25, 0.3) is 0 Å². The summed E-state index contributed by atoms with van der Waals surface area (Å²) in [4.78, 5) is 48.2. The van der Waals surface area contributed by atoms with E-state index in [0.717, 1.165) is 20.8 Å². The number of hydrogen-bond donors (Lipinski definition) is 13. The van der Waals surface area contributed by atoms with E-state index >= 15 is 0 Å². The molecule has 13 N–H and O–H groups in total. The third kappa shape index (κ3) is 9.36. The second-order valence-electron chi connectivity index (χ2n) is 12.0. The summed E-state index contributed by atoms with van der Waals surface area (Å²) in [5, 5.41) is 111. The van der Waals surface area contributed by atoms with E-state index in [-0.39, 0.29) is 0 Å². The Kier molecular flexibility index (Phi) is 14.2. The zero-order valence-corrected chi connectivity index (χ0v) is 26.6. The molecule has 0 spiro atoms. The number of carboxylic acids is 1. The number of hydrogen-bond acceptors (Lipinski definition) is 18. The first-order valence-corrected chi connectivity index (χ1v) is 15.2. The Labute approximate surface area is 278 Å². The number of carboxylic acid groups (broad SMARTS) is 1. The van der Waals surface area contributed by atoms with Crippen LogP contribution in [0.3, 0.4) is 0 Å². The van der Waals surface area contributed by atoms with E-state index in [1.54, 1.807) is 0 Å². The van der Waals surface area contributed by atoms with Crippen molar-refractivity contribution in [2.24, 2.45) is 0 Å². The van der Waals surface area contributed by atoms with Crippen LogP contribution in [0.15, 0.2) is 0 Å². The normalized spacial score (nSPS) is 40.9. The molecule has 3 aliphatic rings. The third-order valence-corrected chi connectivity index (χ3v) is 8.27. The molecular weight excluding hydrogens is 670 g/mol. The Morgan fingerprint density at radius 3 is 1.92 bits per heavy atom. The molecule has 16 atom stereocenters. The third-order valence-electron chi connectivity index (χ3n) is 8.27. The van der Waals surface area contributed by atoms with Crippen LogP contribution in [0.1, 0.15) is 27.2 Å². The van der Waals surface area contributed by atoms with E-state index < -0.39 is 147 Å². The molecule has 3 heterocycles. The van der Waals surface area contributed by atoms with Gasteiger partial charge >= 0.3 is 5.97 Å². The molecule has 49 heavy (non-hydrogen) atoms. The molecule has 22 nitrogen and oxygen atoms in total. The van der Waals surface area contributed by atoms with Crippen LogP contribution in [-0.2, 0) is 42.9 Å². The Balaban J connectivity index is 1.93. The lowest BCUT2D eigenvalue weighted by molar-refractivity contribution is -0.343. The number of aliphatic hydroxyl groups is 9.